The van der Waals surface area contributed by atoms with Gasteiger partial charge in [-0.3, -0.25) is 4.79 Å². The fourth-order valence-corrected chi connectivity index (χ4v) is 4.13. The van der Waals surface area contributed by atoms with Gasteiger partial charge in [-0.1, -0.05) is 43.9 Å². The topological polar surface area (TPSA) is 67.2 Å². The Hall–Kier alpha value is -3.36. The van der Waals surface area contributed by atoms with Crippen LogP contribution in [0.15, 0.2) is 60.8 Å². The molecule has 0 spiro atoms. The maximum absolute atomic E-state index is 13.0. The largest absolute Gasteiger partial charge is 0.378 e. The highest BCUT2D eigenvalue weighted by molar-refractivity contribution is 5.94. The summed E-state index contributed by atoms with van der Waals surface area (Å²) in [6, 6.07) is 17.1. The second-order valence-electron chi connectivity index (χ2n) is 9.75. The molecule has 4 rings (SSSR count). The molecule has 164 valence electrons. The van der Waals surface area contributed by atoms with Crippen molar-refractivity contribution in [2.24, 2.45) is 5.41 Å². The number of fused-ring (bicyclic) bond motifs is 1. The molecule has 0 saturated carbocycles. The molecule has 1 atom stereocenters. The molecule has 1 aromatic heterocycles. The molecular weight excluding hydrogens is 398 g/mol. The van der Waals surface area contributed by atoms with Gasteiger partial charge in [-0.2, -0.15) is 5.10 Å². The first-order valence-electron chi connectivity index (χ1n) is 10.9. The lowest BCUT2D eigenvalue weighted by atomic mass is 9.74. The van der Waals surface area contributed by atoms with Crippen LogP contribution in [0.25, 0.3) is 5.69 Å². The fraction of sp³-hybridized carbons (Fsp3) is 0.333. The smallest absolute Gasteiger partial charge is 0.251 e. The van der Waals surface area contributed by atoms with Gasteiger partial charge in [0, 0.05) is 16.7 Å². The highest BCUT2D eigenvalue weighted by atomic mass is 16.3. The van der Waals surface area contributed by atoms with E-state index in [1.54, 1.807) is 38.1 Å². The third-order valence-electron chi connectivity index (χ3n) is 5.65. The summed E-state index contributed by atoms with van der Waals surface area (Å²) in [4.78, 5) is 13.0. The molecular formula is C27H29N3O2. The Morgan fingerprint density at radius 2 is 1.84 bits per heavy atom. The van der Waals surface area contributed by atoms with Gasteiger partial charge in [-0.05, 0) is 68.5 Å². The van der Waals surface area contributed by atoms with Gasteiger partial charge >= 0.3 is 0 Å². The van der Waals surface area contributed by atoms with Crippen molar-refractivity contribution in [2.45, 2.75) is 52.2 Å². The zero-order chi connectivity index (χ0) is 22.9. The number of aliphatic hydroxyl groups is 1. The van der Waals surface area contributed by atoms with E-state index in [9.17, 15) is 9.90 Å². The molecule has 0 radical (unpaired) electrons. The maximum Gasteiger partial charge on any atom is 0.251 e. The Morgan fingerprint density at radius 1 is 1.16 bits per heavy atom. The SMILES string of the molecule is CC(C)(O)C#Cc1ccc(C(=O)N[C@H]2CC(C)(C)Cc3c2cnn3-c2ccccc2)cc1. The predicted octanol–water partition coefficient (Wildman–Crippen LogP) is 4.44. The second-order valence-corrected chi connectivity index (χ2v) is 9.75. The van der Waals surface area contributed by atoms with E-state index in [1.165, 1.54) is 0 Å². The van der Waals surface area contributed by atoms with E-state index in [0.29, 0.717) is 5.56 Å². The molecule has 5 heteroatoms. The van der Waals surface area contributed by atoms with Crippen LogP contribution in [-0.2, 0) is 6.42 Å². The number of para-hydroxylation sites is 1. The van der Waals surface area contributed by atoms with E-state index in [2.05, 4.69) is 36.1 Å². The molecule has 0 bridgehead atoms. The van der Waals surface area contributed by atoms with Crippen LogP contribution in [0.3, 0.4) is 0 Å². The highest BCUT2D eigenvalue weighted by Gasteiger charge is 2.36. The van der Waals surface area contributed by atoms with Gasteiger partial charge in [0.2, 0.25) is 0 Å². The zero-order valence-electron chi connectivity index (χ0n) is 19.0. The normalized spacial score (nSPS) is 17.1. The van der Waals surface area contributed by atoms with Gasteiger partial charge in [-0.25, -0.2) is 4.68 Å². The third-order valence-corrected chi connectivity index (χ3v) is 5.65. The number of amides is 1. The van der Waals surface area contributed by atoms with Gasteiger partial charge < -0.3 is 10.4 Å². The number of nitrogens with zero attached hydrogens (tertiary/aromatic N) is 2. The number of rotatable bonds is 3. The van der Waals surface area contributed by atoms with Gasteiger partial charge in [0.15, 0.2) is 0 Å². The summed E-state index contributed by atoms with van der Waals surface area (Å²) in [6.45, 7) is 7.74. The first-order valence-corrected chi connectivity index (χ1v) is 10.9. The summed E-state index contributed by atoms with van der Waals surface area (Å²) < 4.78 is 1.99. The van der Waals surface area contributed by atoms with E-state index in [1.807, 2.05) is 41.2 Å². The summed E-state index contributed by atoms with van der Waals surface area (Å²) in [7, 11) is 0. The van der Waals surface area contributed by atoms with Crippen molar-refractivity contribution in [3.8, 4) is 17.5 Å². The minimum atomic E-state index is -1.05. The number of nitrogens with one attached hydrogen (secondary N) is 1. The molecule has 1 heterocycles. The fourth-order valence-electron chi connectivity index (χ4n) is 4.13. The van der Waals surface area contributed by atoms with Crippen LogP contribution >= 0.6 is 0 Å². The van der Waals surface area contributed by atoms with Crippen LogP contribution in [-0.4, -0.2) is 26.4 Å². The number of hydrogen-bond acceptors (Lipinski definition) is 3. The predicted molar refractivity (Wildman–Crippen MR) is 125 cm³/mol. The maximum atomic E-state index is 13.0. The molecule has 0 aliphatic heterocycles. The summed E-state index contributed by atoms with van der Waals surface area (Å²) >= 11 is 0. The molecule has 1 amide bonds. The second kappa shape index (κ2) is 8.29. The molecule has 1 aliphatic rings. The van der Waals surface area contributed by atoms with Crippen molar-refractivity contribution < 1.29 is 9.90 Å². The van der Waals surface area contributed by atoms with Crippen molar-refractivity contribution in [3.05, 3.63) is 83.2 Å². The van der Waals surface area contributed by atoms with Crippen LogP contribution in [0.1, 0.15) is 67.3 Å². The first-order chi connectivity index (χ1) is 15.1. The van der Waals surface area contributed by atoms with E-state index < -0.39 is 5.60 Å². The monoisotopic (exact) mass is 427 g/mol. The van der Waals surface area contributed by atoms with Crippen LogP contribution in [0.2, 0.25) is 0 Å². The van der Waals surface area contributed by atoms with Crippen LogP contribution < -0.4 is 5.32 Å². The molecule has 0 saturated heterocycles. The Balaban J connectivity index is 1.57. The summed E-state index contributed by atoms with van der Waals surface area (Å²) in [6.07, 6.45) is 3.64. The Bertz CT molecular complexity index is 1170. The van der Waals surface area contributed by atoms with Crippen molar-refractivity contribution in [1.82, 2.24) is 15.1 Å². The lowest BCUT2D eigenvalue weighted by molar-refractivity contribution is 0.0919. The van der Waals surface area contributed by atoms with E-state index in [0.717, 1.165) is 35.3 Å². The Kier molecular flexibility index (Phi) is 5.66. The minimum absolute atomic E-state index is 0.0358. The van der Waals surface area contributed by atoms with Crippen LogP contribution in [0.5, 0.6) is 0 Å². The number of carbonyl (C=O) groups is 1. The van der Waals surface area contributed by atoms with Crippen LogP contribution in [0.4, 0.5) is 0 Å². The molecule has 0 fully saturated rings. The molecule has 5 nitrogen and oxygen atoms in total. The third kappa shape index (κ3) is 4.92. The molecule has 32 heavy (non-hydrogen) atoms. The molecule has 1 aliphatic carbocycles. The van der Waals surface area contributed by atoms with Crippen molar-refractivity contribution >= 4 is 5.91 Å². The summed E-state index contributed by atoms with van der Waals surface area (Å²) in [5, 5.41) is 17.6. The standard InChI is InChI=1S/C27H29N3O2/c1-26(2)16-23(22-18-28-30(24(22)17-26)21-8-6-5-7-9-21)29-25(31)20-12-10-19(11-13-20)14-15-27(3,4)32/h5-13,18,23,32H,16-17H2,1-4H3,(H,29,31)/t23-/m0/s1. The Labute approximate surface area is 189 Å². The highest BCUT2D eigenvalue weighted by Crippen LogP contribution is 2.41. The lowest BCUT2D eigenvalue weighted by Gasteiger charge is -2.36. The number of aromatic nitrogens is 2. The average Bonchev–Trinajstić information content (AvgIpc) is 3.15. The van der Waals surface area contributed by atoms with E-state index in [4.69, 9.17) is 0 Å². The van der Waals surface area contributed by atoms with Gasteiger partial charge in [0.1, 0.15) is 5.60 Å². The molecule has 2 aromatic carbocycles. The molecule has 3 aromatic rings. The minimum Gasteiger partial charge on any atom is -0.378 e. The van der Waals surface area contributed by atoms with Gasteiger partial charge in [-0.15, -0.1) is 0 Å². The molecule has 2 N–H and O–H groups in total. The van der Waals surface area contributed by atoms with Crippen molar-refractivity contribution in [2.75, 3.05) is 0 Å². The lowest BCUT2D eigenvalue weighted by Crippen LogP contribution is -2.36. The number of carbonyl (C=O) groups excluding carboxylic acids is 1. The van der Waals surface area contributed by atoms with E-state index >= 15 is 0 Å². The van der Waals surface area contributed by atoms with Gasteiger partial charge in [0.25, 0.3) is 5.91 Å². The quantitative estimate of drug-likeness (QED) is 0.608. The van der Waals surface area contributed by atoms with Crippen LogP contribution in [0, 0.1) is 17.3 Å². The number of hydrogen-bond donors (Lipinski definition) is 2. The van der Waals surface area contributed by atoms with E-state index in [-0.39, 0.29) is 17.4 Å². The first kappa shape index (κ1) is 21.9. The average molecular weight is 428 g/mol. The Morgan fingerprint density at radius 3 is 2.50 bits per heavy atom. The van der Waals surface area contributed by atoms with Gasteiger partial charge in [0.05, 0.1) is 23.6 Å². The van der Waals surface area contributed by atoms with Crippen molar-refractivity contribution in [1.29, 1.82) is 0 Å². The summed E-state index contributed by atoms with van der Waals surface area (Å²) in [5.41, 5.74) is 3.58. The number of benzene rings is 2. The van der Waals surface area contributed by atoms with Crippen molar-refractivity contribution in [3.63, 3.8) is 0 Å². The summed E-state index contributed by atoms with van der Waals surface area (Å²) in [5.74, 6) is 5.60. The molecule has 0 unspecified atom stereocenters. The zero-order valence-corrected chi connectivity index (χ0v) is 19.0.